The lowest BCUT2D eigenvalue weighted by atomic mass is 10.1. The van der Waals surface area contributed by atoms with Crippen molar-refractivity contribution in [1.82, 2.24) is 4.31 Å². The van der Waals surface area contributed by atoms with Crippen LogP contribution in [0.3, 0.4) is 0 Å². The van der Waals surface area contributed by atoms with E-state index in [1.54, 1.807) is 0 Å². The molecular formula is C7H11F3N2O3S. The summed E-state index contributed by atoms with van der Waals surface area (Å²) in [5.74, 6) is -3.28. The minimum atomic E-state index is -4.77. The van der Waals surface area contributed by atoms with Crippen LogP contribution < -0.4 is 5.73 Å². The van der Waals surface area contributed by atoms with E-state index in [4.69, 9.17) is 5.73 Å². The van der Waals surface area contributed by atoms with Crippen molar-refractivity contribution in [2.45, 2.75) is 12.6 Å². The number of hydrogen-bond donors (Lipinski definition) is 1. The van der Waals surface area contributed by atoms with Gasteiger partial charge in [0.05, 0.1) is 5.92 Å². The molecule has 5 nitrogen and oxygen atoms in total. The summed E-state index contributed by atoms with van der Waals surface area (Å²) in [5.41, 5.74) is 4.95. The van der Waals surface area contributed by atoms with Crippen molar-refractivity contribution in [1.29, 1.82) is 0 Å². The molecule has 1 atom stereocenters. The number of nitrogens with two attached hydrogens (primary N) is 1. The van der Waals surface area contributed by atoms with Crippen molar-refractivity contribution in [3.8, 4) is 0 Å². The maximum Gasteiger partial charge on any atom is 0.404 e. The first-order valence-corrected chi connectivity index (χ1v) is 6.06. The van der Waals surface area contributed by atoms with E-state index < -0.39 is 33.8 Å². The van der Waals surface area contributed by atoms with Crippen molar-refractivity contribution in [3.63, 3.8) is 0 Å². The Hall–Kier alpha value is -0.830. The third-order valence-electron chi connectivity index (χ3n) is 2.29. The summed E-state index contributed by atoms with van der Waals surface area (Å²) >= 11 is 0. The molecule has 2 N–H and O–H groups in total. The smallest absolute Gasteiger partial charge is 0.369 e. The Morgan fingerprint density at radius 2 is 2.00 bits per heavy atom. The highest BCUT2D eigenvalue weighted by molar-refractivity contribution is 7.89. The highest BCUT2D eigenvalue weighted by atomic mass is 32.2. The summed E-state index contributed by atoms with van der Waals surface area (Å²) < 4.78 is 59.1. The predicted octanol–water partition coefficient (Wildman–Crippen LogP) is -0.314. The van der Waals surface area contributed by atoms with Gasteiger partial charge in [-0.2, -0.15) is 13.2 Å². The predicted molar refractivity (Wildman–Crippen MR) is 48.7 cm³/mol. The highest BCUT2D eigenvalue weighted by Crippen LogP contribution is 2.24. The van der Waals surface area contributed by atoms with Gasteiger partial charge in [0.2, 0.25) is 15.9 Å². The molecule has 1 aliphatic heterocycles. The summed E-state index contributed by atoms with van der Waals surface area (Å²) in [6.07, 6.45) is -4.60. The average molecular weight is 260 g/mol. The highest BCUT2D eigenvalue weighted by Gasteiger charge is 2.41. The Morgan fingerprint density at radius 3 is 2.38 bits per heavy atom. The lowest BCUT2D eigenvalue weighted by Crippen LogP contribution is -2.37. The van der Waals surface area contributed by atoms with E-state index in [9.17, 15) is 26.4 Å². The monoisotopic (exact) mass is 260 g/mol. The third kappa shape index (κ3) is 3.34. The van der Waals surface area contributed by atoms with Crippen LogP contribution in [-0.2, 0) is 14.8 Å². The van der Waals surface area contributed by atoms with Crippen molar-refractivity contribution in [3.05, 3.63) is 0 Å². The number of rotatable bonds is 3. The second-order valence-corrected chi connectivity index (χ2v) is 5.59. The number of alkyl halides is 3. The molecule has 1 unspecified atom stereocenters. The zero-order valence-electron chi connectivity index (χ0n) is 8.20. The molecule has 9 heteroatoms. The molecule has 0 spiro atoms. The molecule has 1 saturated heterocycles. The maximum atomic E-state index is 12.0. The molecule has 1 aliphatic rings. The molecule has 0 aromatic heterocycles. The van der Waals surface area contributed by atoms with Crippen LogP contribution in [0.25, 0.3) is 0 Å². The van der Waals surface area contributed by atoms with E-state index >= 15 is 0 Å². The Balaban J connectivity index is 2.70. The molecule has 1 fully saturated rings. The van der Waals surface area contributed by atoms with Crippen LogP contribution in [0.1, 0.15) is 6.42 Å². The average Bonchev–Trinajstić information content (AvgIpc) is 2.46. The van der Waals surface area contributed by atoms with Crippen LogP contribution in [-0.4, -0.2) is 43.6 Å². The Bertz CT molecular complexity index is 379. The molecule has 0 radical (unpaired) electrons. The van der Waals surface area contributed by atoms with Gasteiger partial charge in [0.1, 0.15) is 0 Å². The second kappa shape index (κ2) is 4.21. The molecule has 16 heavy (non-hydrogen) atoms. The second-order valence-electron chi connectivity index (χ2n) is 3.62. The number of nitrogens with zero attached hydrogens (tertiary/aromatic N) is 1. The minimum absolute atomic E-state index is 0.0913. The van der Waals surface area contributed by atoms with Crippen LogP contribution in [0.5, 0.6) is 0 Å². The molecule has 0 saturated carbocycles. The number of amides is 1. The van der Waals surface area contributed by atoms with Crippen molar-refractivity contribution < 1.29 is 26.4 Å². The fraction of sp³-hybridized carbons (Fsp3) is 0.857. The number of halogens is 3. The van der Waals surface area contributed by atoms with Crippen LogP contribution in [0.2, 0.25) is 0 Å². The van der Waals surface area contributed by atoms with Gasteiger partial charge in [-0.15, -0.1) is 0 Å². The van der Waals surface area contributed by atoms with Gasteiger partial charge in [0.25, 0.3) is 0 Å². The molecule has 1 amide bonds. The first-order chi connectivity index (χ1) is 7.12. The van der Waals surface area contributed by atoms with Gasteiger partial charge in [-0.1, -0.05) is 0 Å². The van der Waals surface area contributed by atoms with E-state index in [2.05, 4.69) is 0 Å². The molecular weight excluding hydrogens is 249 g/mol. The Morgan fingerprint density at radius 1 is 1.44 bits per heavy atom. The number of hydrogen-bond acceptors (Lipinski definition) is 3. The molecule has 0 aliphatic carbocycles. The Kier molecular flexibility index (Phi) is 3.48. The summed E-state index contributed by atoms with van der Waals surface area (Å²) in [4.78, 5) is 10.7. The van der Waals surface area contributed by atoms with Crippen molar-refractivity contribution in [2.24, 2.45) is 11.7 Å². The van der Waals surface area contributed by atoms with Gasteiger partial charge in [0.15, 0.2) is 5.75 Å². The summed E-state index contributed by atoms with van der Waals surface area (Å²) in [5, 5.41) is 0. The summed E-state index contributed by atoms with van der Waals surface area (Å²) in [6, 6.07) is 0. The summed E-state index contributed by atoms with van der Waals surface area (Å²) in [6.45, 7) is -0.347. The zero-order valence-corrected chi connectivity index (χ0v) is 9.01. The van der Waals surface area contributed by atoms with Gasteiger partial charge in [-0.05, 0) is 6.42 Å². The largest absolute Gasteiger partial charge is 0.404 e. The van der Waals surface area contributed by atoms with E-state index in [1.165, 1.54) is 0 Å². The van der Waals surface area contributed by atoms with E-state index in [0.29, 0.717) is 4.31 Å². The summed E-state index contributed by atoms with van der Waals surface area (Å²) in [7, 11) is -4.38. The quantitative estimate of drug-likeness (QED) is 0.755. The molecule has 1 rings (SSSR count). The minimum Gasteiger partial charge on any atom is -0.369 e. The van der Waals surface area contributed by atoms with E-state index in [-0.39, 0.29) is 19.5 Å². The third-order valence-corrected chi connectivity index (χ3v) is 4.10. The number of primary amides is 1. The number of carbonyl (C=O) groups excluding carboxylic acids is 1. The van der Waals surface area contributed by atoms with Crippen molar-refractivity contribution in [2.75, 3.05) is 18.8 Å². The molecule has 94 valence electrons. The topological polar surface area (TPSA) is 80.5 Å². The van der Waals surface area contributed by atoms with Crippen LogP contribution >= 0.6 is 0 Å². The normalized spacial score (nSPS) is 23.6. The fourth-order valence-corrected chi connectivity index (χ4v) is 2.90. The van der Waals surface area contributed by atoms with Gasteiger partial charge >= 0.3 is 6.18 Å². The van der Waals surface area contributed by atoms with Crippen LogP contribution in [0.15, 0.2) is 0 Å². The standard InChI is InChI=1S/C7H11F3N2O3S/c8-7(9,10)4-16(14,15)12-2-1-5(3-12)6(11)13/h5H,1-4H2,(H2,11,13). The lowest BCUT2D eigenvalue weighted by Gasteiger charge is -2.17. The number of sulfonamides is 1. The molecule has 0 aromatic carbocycles. The maximum absolute atomic E-state index is 12.0. The zero-order chi connectivity index (χ0) is 12.6. The van der Waals surface area contributed by atoms with Gasteiger partial charge in [0, 0.05) is 13.1 Å². The van der Waals surface area contributed by atoms with E-state index in [1.807, 2.05) is 0 Å². The number of carbonyl (C=O) groups is 1. The van der Waals surface area contributed by atoms with Crippen molar-refractivity contribution >= 4 is 15.9 Å². The van der Waals surface area contributed by atoms with Crippen LogP contribution in [0.4, 0.5) is 13.2 Å². The Labute approximate surface area is 90.4 Å². The molecule has 1 heterocycles. The molecule has 0 bridgehead atoms. The first kappa shape index (κ1) is 13.2. The fourth-order valence-electron chi connectivity index (χ4n) is 1.51. The van der Waals surface area contributed by atoms with Crippen LogP contribution in [0, 0.1) is 5.92 Å². The van der Waals surface area contributed by atoms with Gasteiger partial charge in [-0.25, -0.2) is 12.7 Å². The lowest BCUT2D eigenvalue weighted by molar-refractivity contribution is -0.121. The molecule has 0 aromatic rings. The first-order valence-electron chi connectivity index (χ1n) is 4.46. The van der Waals surface area contributed by atoms with Gasteiger partial charge in [-0.3, -0.25) is 4.79 Å². The van der Waals surface area contributed by atoms with Gasteiger partial charge < -0.3 is 5.73 Å². The van der Waals surface area contributed by atoms with E-state index in [0.717, 1.165) is 0 Å². The SMILES string of the molecule is NC(=O)C1CCN(S(=O)(=O)CC(F)(F)F)C1.